The zero-order valence-electron chi connectivity index (χ0n) is 12.6. The number of carbonyl (C=O) groups is 2. The molecule has 0 amide bonds. The van der Waals surface area contributed by atoms with E-state index in [-0.39, 0.29) is 23.4 Å². The molecular formula is C17H22N2O2. The first-order chi connectivity index (χ1) is 10.0. The lowest BCUT2D eigenvalue weighted by molar-refractivity contribution is -0.135. The largest absolute Gasteiger partial charge is 0.299 e. The average molecular weight is 286 g/mol. The van der Waals surface area contributed by atoms with Gasteiger partial charge in [-0.15, -0.1) is 0 Å². The highest BCUT2D eigenvalue weighted by molar-refractivity contribution is 6.02. The van der Waals surface area contributed by atoms with Crippen molar-refractivity contribution in [2.45, 2.75) is 45.6 Å². The Morgan fingerprint density at radius 2 is 1.81 bits per heavy atom. The summed E-state index contributed by atoms with van der Waals surface area (Å²) in [6, 6.07) is 6.11. The third kappa shape index (κ3) is 3.38. The summed E-state index contributed by atoms with van der Waals surface area (Å²) in [5, 5.41) is 0. The molecule has 1 saturated heterocycles. The molecule has 1 aliphatic carbocycles. The van der Waals surface area contributed by atoms with E-state index in [9.17, 15) is 9.59 Å². The molecule has 0 atom stereocenters. The highest BCUT2D eigenvalue weighted by Gasteiger charge is 2.41. The van der Waals surface area contributed by atoms with E-state index in [1.165, 1.54) is 0 Å². The second-order valence-corrected chi connectivity index (χ2v) is 6.65. The Morgan fingerprint density at radius 3 is 2.43 bits per heavy atom. The Morgan fingerprint density at radius 1 is 1.14 bits per heavy atom. The van der Waals surface area contributed by atoms with Crippen molar-refractivity contribution in [3.63, 3.8) is 0 Å². The predicted octanol–water partition coefficient (Wildman–Crippen LogP) is 2.29. The predicted molar refractivity (Wildman–Crippen MR) is 79.8 cm³/mol. The smallest absolute Gasteiger partial charge is 0.140 e. The van der Waals surface area contributed by atoms with Crippen LogP contribution in [0.1, 0.15) is 43.5 Å². The lowest BCUT2D eigenvalue weighted by Gasteiger charge is -2.43. The number of piperidine rings is 1. The molecule has 0 bridgehead atoms. The van der Waals surface area contributed by atoms with Crippen LogP contribution >= 0.6 is 0 Å². The summed E-state index contributed by atoms with van der Waals surface area (Å²) in [5.74, 6) is 0.278. The summed E-state index contributed by atoms with van der Waals surface area (Å²) in [7, 11) is 0. The Bertz CT molecular complexity index is 542. The number of pyridine rings is 1. The minimum atomic E-state index is -0.0387. The summed E-state index contributed by atoms with van der Waals surface area (Å²) in [5.41, 5.74) is 2.11. The zero-order chi connectivity index (χ0) is 14.9. The van der Waals surface area contributed by atoms with Crippen molar-refractivity contribution in [3.8, 4) is 0 Å². The van der Waals surface area contributed by atoms with Gasteiger partial charge in [-0.3, -0.25) is 19.5 Å². The highest BCUT2D eigenvalue weighted by atomic mass is 16.1. The molecule has 3 rings (SSSR count). The summed E-state index contributed by atoms with van der Waals surface area (Å²) in [4.78, 5) is 30.4. The molecule has 2 fully saturated rings. The van der Waals surface area contributed by atoms with Crippen molar-refractivity contribution in [1.82, 2.24) is 9.88 Å². The van der Waals surface area contributed by atoms with Crippen molar-refractivity contribution < 1.29 is 9.59 Å². The maximum Gasteiger partial charge on any atom is 0.140 e. The molecule has 1 spiro atoms. The molecule has 4 heteroatoms. The van der Waals surface area contributed by atoms with Gasteiger partial charge in [-0.2, -0.15) is 0 Å². The van der Waals surface area contributed by atoms with E-state index in [0.717, 1.165) is 43.9 Å². The number of hydrogen-bond donors (Lipinski definition) is 0. The number of Topliss-reactive ketones (excluding diaryl/α,β-unsaturated/α-hetero) is 2. The average Bonchev–Trinajstić information content (AvgIpc) is 2.40. The second kappa shape index (κ2) is 5.68. The van der Waals surface area contributed by atoms with Crippen LogP contribution < -0.4 is 0 Å². The van der Waals surface area contributed by atoms with Gasteiger partial charge in [0.05, 0.1) is 12.1 Å². The number of aryl methyl sites for hydroxylation is 1. The minimum absolute atomic E-state index is 0.0387. The first-order valence-corrected chi connectivity index (χ1v) is 7.73. The molecule has 112 valence electrons. The molecule has 0 unspecified atom stereocenters. The summed E-state index contributed by atoms with van der Waals surface area (Å²) < 4.78 is 0. The molecule has 1 saturated carbocycles. The number of hydrogen-bond acceptors (Lipinski definition) is 4. The minimum Gasteiger partial charge on any atom is -0.299 e. The van der Waals surface area contributed by atoms with Gasteiger partial charge in [0, 0.05) is 25.1 Å². The third-order valence-electron chi connectivity index (χ3n) is 4.79. The fourth-order valence-electron chi connectivity index (χ4n) is 3.70. The van der Waals surface area contributed by atoms with Crippen LogP contribution in [0.25, 0.3) is 0 Å². The first kappa shape index (κ1) is 14.4. The van der Waals surface area contributed by atoms with Gasteiger partial charge in [0.2, 0.25) is 0 Å². The number of ketones is 2. The van der Waals surface area contributed by atoms with Crippen LogP contribution in [0.4, 0.5) is 0 Å². The molecule has 0 aromatic carbocycles. The molecule has 1 aromatic rings. The molecule has 1 aliphatic heterocycles. The quantitative estimate of drug-likeness (QED) is 0.783. The standard InChI is InChI=1S/C17H22N2O2/c1-13-3-2-4-14(18-13)12-19-7-5-17(6-8-19)10-15(20)9-16(21)11-17/h2-4H,5-12H2,1H3. The van der Waals surface area contributed by atoms with Gasteiger partial charge in [0.25, 0.3) is 0 Å². The van der Waals surface area contributed by atoms with Crippen LogP contribution in [-0.2, 0) is 16.1 Å². The van der Waals surface area contributed by atoms with Crippen LogP contribution in [-0.4, -0.2) is 34.5 Å². The lowest BCUT2D eigenvalue weighted by atomic mass is 9.67. The van der Waals surface area contributed by atoms with E-state index < -0.39 is 0 Å². The van der Waals surface area contributed by atoms with Crippen LogP contribution in [0.5, 0.6) is 0 Å². The van der Waals surface area contributed by atoms with Crippen molar-refractivity contribution in [1.29, 1.82) is 0 Å². The van der Waals surface area contributed by atoms with Crippen molar-refractivity contribution in [2.24, 2.45) is 5.41 Å². The van der Waals surface area contributed by atoms with Gasteiger partial charge >= 0.3 is 0 Å². The maximum absolute atomic E-state index is 11.7. The van der Waals surface area contributed by atoms with Crippen LogP contribution in [0, 0.1) is 12.3 Å². The van der Waals surface area contributed by atoms with E-state index in [4.69, 9.17) is 0 Å². The zero-order valence-corrected chi connectivity index (χ0v) is 12.6. The second-order valence-electron chi connectivity index (χ2n) is 6.65. The maximum atomic E-state index is 11.7. The first-order valence-electron chi connectivity index (χ1n) is 7.73. The van der Waals surface area contributed by atoms with Gasteiger partial charge in [-0.25, -0.2) is 0 Å². The van der Waals surface area contributed by atoms with Crippen molar-refractivity contribution >= 4 is 11.6 Å². The molecule has 1 aromatic heterocycles. The van der Waals surface area contributed by atoms with Crippen LogP contribution in [0.2, 0.25) is 0 Å². The number of aromatic nitrogens is 1. The fraction of sp³-hybridized carbons (Fsp3) is 0.588. The Kier molecular flexibility index (Phi) is 3.89. The fourth-order valence-corrected chi connectivity index (χ4v) is 3.70. The molecule has 4 nitrogen and oxygen atoms in total. The monoisotopic (exact) mass is 286 g/mol. The van der Waals surface area contributed by atoms with E-state index in [1.54, 1.807) is 0 Å². The van der Waals surface area contributed by atoms with E-state index in [1.807, 2.05) is 19.1 Å². The Labute approximate surface area is 125 Å². The van der Waals surface area contributed by atoms with Gasteiger partial charge in [0.1, 0.15) is 11.6 Å². The van der Waals surface area contributed by atoms with Crippen molar-refractivity contribution in [2.75, 3.05) is 13.1 Å². The van der Waals surface area contributed by atoms with E-state index in [0.29, 0.717) is 12.8 Å². The van der Waals surface area contributed by atoms with Gasteiger partial charge in [-0.05, 0) is 50.4 Å². The Hall–Kier alpha value is -1.55. The normalized spacial score (nSPS) is 22.7. The molecule has 0 N–H and O–H groups in total. The SMILES string of the molecule is Cc1cccc(CN2CCC3(CC2)CC(=O)CC(=O)C3)n1. The van der Waals surface area contributed by atoms with Crippen LogP contribution in [0.3, 0.4) is 0 Å². The third-order valence-corrected chi connectivity index (χ3v) is 4.79. The van der Waals surface area contributed by atoms with E-state index >= 15 is 0 Å². The van der Waals surface area contributed by atoms with Gasteiger partial charge < -0.3 is 0 Å². The number of likely N-dealkylation sites (tertiary alicyclic amines) is 1. The lowest BCUT2D eigenvalue weighted by Crippen LogP contribution is -2.44. The van der Waals surface area contributed by atoms with Gasteiger partial charge in [-0.1, -0.05) is 6.07 Å². The Balaban J connectivity index is 1.60. The molecular weight excluding hydrogens is 264 g/mol. The molecule has 2 heterocycles. The van der Waals surface area contributed by atoms with Crippen LogP contribution in [0.15, 0.2) is 18.2 Å². The molecule has 2 aliphatic rings. The highest BCUT2D eigenvalue weighted by Crippen LogP contribution is 2.42. The summed E-state index contributed by atoms with van der Waals surface area (Å²) in [6.07, 6.45) is 3.29. The van der Waals surface area contributed by atoms with E-state index in [2.05, 4.69) is 16.0 Å². The number of carbonyl (C=O) groups excluding carboxylic acids is 2. The topological polar surface area (TPSA) is 50.3 Å². The number of nitrogens with zero attached hydrogens (tertiary/aromatic N) is 2. The number of rotatable bonds is 2. The molecule has 21 heavy (non-hydrogen) atoms. The summed E-state index contributed by atoms with van der Waals surface area (Å²) >= 11 is 0. The van der Waals surface area contributed by atoms with Gasteiger partial charge in [0.15, 0.2) is 0 Å². The van der Waals surface area contributed by atoms with Crippen molar-refractivity contribution in [3.05, 3.63) is 29.6 Å². The summed E-state index contributed by atoms with van der Waals surface area (Å²) in [6.45, 7) is 4.78. The molecule has 0 radical (unpaired) electrons.